The Balaban J connectivity index is 2.07. The van der Waals surface area contributed by atoms with E-state index >= 15 is 0 Å². The highest BCUT2D eigenvalue weighted by atomic mass is 35.5. The number of benzene rings is 2. The molecule has 1 aliphatic rings. The lowest BCUT2D eigenvalue weighted by Crippen LogP contribution is -2.47. The number of carbonyl (C=O) groups is 1. The molecule has 138 valence electrons. The Morgan fingerprint density at radius 2 is 1.85 bits per heavy atom. The van der Waals surface area contributed by atoms with Gasteiger partial charge in [0, 0.05) is 10.0 Å². The van der Waals surface area contributed by atoms with Crippen LogP contribution in [0.5, 0.6) is 5.75 Å². The van der Waals surface area contributed by atoms with E-state index < -0.39 is 22.1 Å². The zero-order chi connectivity index (χ0) is 18.9. The van der Waals surface area contributed by atoms with E-state index in [1.54, 1.807) is 13.0 Å². The van der Waals surface area contributed by atoms with Crippen molar-refractivity contribution >= 4 is 44.9 Å². The van der Waals surface area contributed by atoms with Gasteiger partial charge < -0.3 is 9.47 Å². The first kappa shape index (κ1) is 18.8. The van der Waals surface area contributed by atoms with Gasteiger partial charge >= 0.3 is 5.97 Å². The summed E-state index contributed by atoms with van der Waals surface area (Å²) in [6, 6.07) is 10.3. The molecule has 0 radical (unpaired) electrons. The second-order valence-corrected chi connectivity index (χ2v) is 8.20. The van der Waals surface area contributed by atoms with Gasteiger partial charge in [0.05, 0.1) is 23.7 Å². The van der Waals surface area contributed by atoms with Gasteiger partial charge in [0.2, 0.25) is 6.10 Å². The van der Waals surface area contributed by atoms with E-state index in [0.717, 1.165) is 4.31 Å². The third-order valence-electron chi connectivity index (χ3n) is 3.74. The number of anilines is 1. The van der Waals surface area contributed by atoms with Crippen molar-refractivity contribution in [1.82, 2.24) is 0 Å². The Hall–Kier alpha value is -1.96. The van der Waals surface area contributed by atoms with E-state index in [4.69, 9.17) is 32.7 Å². The van der Waals surface area contributed by atoms with E-state index in [1.165, 1.54) is 36.4 Å². The Kier molecular flexibility index (Phi) is 5.32. The van der Waals surface area contributed by atoms with Gasteiger partial charge in [-0.05, 0) is 49.4 Å². The maximum atomic E-state index is 13.1. The second-order valence-electron chi connectivity index (χ2n) is 5.46. The fourth-order valence-corrected chi connectivity index (χ4v) is 4.30. The van der Waals surface area contributed by atoms with Crippen molar-refractivity contribution in [3.63, 3.8) is 0 Å². The predicted molar refractivity (Wildman–Crippen MR) is 98.5 cm³/mol. The topological polar surface area (TPSA) is 72.9 Å². The summed E-state index contributed by atoms with van der Waals surface area (Å²) < 4.78 is 38.0. The molecule has 26 heavy (non-hydrogen) atoms. The minimum Gasteiger partial charge on any atom is -0.475 e. The Bertz CT molecular complexity index is 931. The fourth-order valence-electron chi connectivity index (χ4n) is 2.54. The molecule has 1 heterocycles. The molecule has 3 rings (SSSR count). The zero-order valence-electron chi connectivity index (χ0n) is 13.7. The minimum atomic E-state index is -3.96. The van der Waals surface area contributed by atoms with Gasteiger partial charge in [-0.25, -0.2) is 13.2 Å². The standard InChI is InChI=1S/C17H15Cl2NO5S/c1-2-24-17(21)16-10-20(14-9-12(19)5-8-15(14)25-16)26(22,23)13-6-3-11(18)4-7-13/h3-9,16H,2,10H2,1H3/t16-/m0/s1. The lowest BCUT2D eigenvalue weighted by Gasteiger charge is -2.34. The minimum absolute atomic E-state index is 0.0392. The maximum Gasteiger partial charge on any atom is 0.349 e. The van der Waals surface area contributed by atoms with Crippen LogP contribution in [0.3, 0.4) is 0 Å². The molecule has 0 fully saturated rings. The van der Waals surface area contributed by atoms with Crippen LogP contribution >= 0.6 is 23.2 Å². The first-order chi connectivity index (χ1) is 12.3. The van der Waals surface area contributed by atoms with Gasteiger partial charge in [-0.15, -0.1) is 0 Å². The Morgan fingerprint density at radius 3 is 2.50 bits per heavy atom. The molecule has 6 nitrogen and oxygen atoms in total. The van der Waals surface area contributed by atoms with E-state index in [2.05, 4.69) is 0 Å². The van der Waals surface area contributed by atoms with Crippen LogP contribution in [0.2, 0.25) is 10.0 Å². The van der Waals surface area contributed by atoms with Crippen LogP contribution < -0.4 is 9.04 Å². The molecule has 2 aromatic rings. The molecule has 1 aliphatic heterocycles. The third-order valence-corrected chi connectivity index (χ3v) is 6.02. The summed E-state index contributed by atoms with van der Waals surface area (Å²) >= 11 is 11.9. The molecule has 0 unspecified atom stereocenters. The number of carbonyl (C=O) groups excluding carboxylic acids is 1. The van der Waals surface area contributed by atoms with Gasteiger partial charge in [0.15, 0.2) is 0 Å². The third kappa shape index (κ3) is 3.60. The number of hydrogen-bond acceptors (Lipinski definition) is 5. The highest BCUT2D eigenvalue weighted by Crippen LogP contribution is 2.39. The molecule has 0 amide bonds. The number of esters is 1. The number of hydrogen-bond donors (Lipinski definition) is 0. The van der Waals surface area contributed by atoms with E-state index in [0.29, 0.717) is 10.0 Å². The van der Waals surface area contributed by atoms with E-state index in [9.17, 15) is 13.2 Å². The smallest absolute Gasteiger partial charge is 0.349 e. The normalized spacial score (nSPS) is 16.6. The molecular formula is C17H15Cl2NO5S. The molecule has 0 aromatic heterocycles. The van der Waals surface area contributed by atoms with E-state index in [-0.39, 0.29) is 29.5 Å². The van der Waals surface area contributed by atoms with Crippen molar-refractivity contribution < 1.29 is 22.7 Å². The largest absolute Gasteiger partial charge is 0.475 e. The zero-order valence-corrected chi connectivity index (χ0v) is 16.0. The average molecular weight is 416 g/mol. The Labute approximate surface area is 161 Å². The summed E-state index contributed by atoms with van der Waals surface area (Å²) in [6.07, 6.45) is -1.08. The molecule has 2 aromatic carbocycles. The SMILES string of the molecule is CCOC(=O)[C@@H]1CN(S(=O)(=O)c2ccc(Cl)cc2)c2cc(Cl)ccc2O1. The number of ether oxygens (including phenoxy) is 2. The van der Waals surface area contributed by atoms with Crippen molar-refractivity contribution in [1.29, 1.82) is 0 Å². The van der Waals surface area contributed by atoms with Crippen molar-refractivity contribution in [2.24, 2.45) is 0 Å². The monoisotopic (exact) mass is 415 g/mol. The molecule has 0 N–H and O–H groups in total. The second kappa shape index (κ2) is 7.34. The molecule has 0 saturated heterocycles. The molecule has 0 aliphatic carbocycles. The molecule has 0 spiro atoms. The van der Waals surface area contributed by atoms with Gasteiger partial charge in [-0.2, -0.15) is 0 Å². The molecule has 0 saturated carbocycles. The quantitative estimate of drug-likeness (QED) is 0.714. The number of sulfonamides is 1. The first-order valence-corrected chi connectivity index (χ1v) is 9.93. The van der Waals surface area contributed by atoms with Crippen LogP contribution in [0.15, 0.2) is 47.4 Å². The lowest BCUT2D eigenvalue weighted by atomic mass is 10.2. The van der Waals surface area contributed by atoms with Gasteiger partial charge in [0.25, 0.3) is 10.0 Å². The van der Waals surface area contributed by atoms with E-state index in [1.807, 2.05) is 0 Å². The summed E-state index contributed by atoms with van der Waals surface area (Å²) in [7, 11) is -3.96. The number of rotatable bonds is 4. The number of nitrogens with zero attached hydrogens (tertiary/aromatic N) is 1. The molecular weight excluding hydrogens is 401 g/mol. The highest BCUT2D eigenvalue weighted by Gasteiger charge is 2.38. The van der Waals surface area contributed by atoms with Crippen molar-refractivity contribution in [2.75, 3.05) is 17.5 Å². The van der Waals surface area contributed by atoms with Crippen molar-refractivity contribution in [2.45, 2.75) is 17.9 Å². The average Bonchev–Trinajstić information content (AvgIpc) is 2.61. The summed E-state index contributed by atoms with van der Waals surface area (Å²) in [5.74, 6) is -0.402. The van der Waals surface area contributed by atoms with Crippen LogP contribution in [0.1, 0.15) is 6.92 Å². The van der Waals surface area contributed by atoms with Gasteiger partial charge in [-0.1, -0.05) is 23.2 Å². The summed E-state index contributed by atoms with van der Waals surface area (Å²) in [5, 5.41) is 0.761. The van der Waals surface area contributed by atoms with Crippen LogP contribution in [0.4, 0.5) is 5.69 Å². The van der Waals surface area contributed by atoms with Gasteiger partial charge in [-0.3, -0.25) is 4.31 Å². The molecule has 0 bridgehead atoms. The molecule has 9 heteroatoms. The van der Waals surface area contributed by atoms with Crippen molar-refractivity contribution in [3.8, 4) is 5.75 Å². The van der Waals surface area contributed by atoms with Crippen LogP contribution in [0.25, 0.3) is 0 Å². The summed E-state index contributed by atoms with van der Waals surface area (Å²) in [6.45, 7) is 1.60. The van der Waals surface area contributed by atoms with Crippen molar-refractivity contribution in [3.05, 3.63) is 52.5 Å². The highest BCUT2D eigenvalue weighted by molar-refractivity contribution is 7.92. The summed E-state index contributed by atoms with van der Waals surface area (Å²) in [4.78, 5) is 12.2. The summed E-state index contributed by atoms with van der Waals surface area (Å²) in [5.41, 5.74) is 0.257. The van der Waals surface area contributed by atoms with Crippen LogP contribution in [-0.2, 0) is 19.6 Å². The van der Waals surface area contributed by atoms with Crippen LogP contribution in [0, 0.1) is 0 Å². The molecule has 1 atom stereocenters. The fraction of sp³-hybridized carbons (Fsp3) is 0.235. The first-order valence-electron chi connectivity index (χ1n) is 7.74. The number of fused-ring (bicyclic) bond motifs is 1. The van der Waals surface area contributed by atoms with Crippen LogP contribution in [-0.4, -0.2) is 33.6 Å². The lowest BCUT2D eigenvalue weighted by molar-refractivity contribution is -0.151. The van der Waals surface area contributed by atoms with Gasteiger partial charge in [0.1, 0.15) is 5.75 Å². The number of halogens is 2. The Morgan fingerprint density at radius 1 is 1.19 bits per heavy atom. The maximum absolute atomic E-state index is 13.1. The predicted octanol–water partition coefficient (Wildman–Crippen LogP) is 3.51.